The number of rotatable bonds is 3. The minimum atomic E-state index is -0.0264. The summed E-state index contributed by atoms with van der Waals surface area (Å²) in [5.74, 6) is 0.116. The molecule has 0 radical (unpaired) electrons. The number of nitrogens with zero attached hydrogens (tertiary/aromatic N) is 2. The average Bonchev–Trinajstić information content (AvgIpc) is 3.12. The van der Waals surface area contributed by atoms with E-state index in [4.69, 9.17) is 9.57 Å². The van der Waals surface area contributed by atoms with Crippen molar-refractivity contribution < 1.29 is 14.4 Å². The number of hydroxylamine groups is 2. The van der Waals surface area contributed by atoms with Crippen LogP contribution in [0.5, 0.6) is 0 Å². The lowest BCUT2D eigenvalue weighted by Gasteiger charge is -2.42. The van der Waals surface area contributed by atoms with Crippen LogP contribution in [0.15, 0.2) is 24.3 Å². The van der Waals surface area contributed by atoms with Crippen LogP contribution in [-0.2, 0) is 20.9 Å². The van der Waals surface area contributed by atoms with Gasteiger partial charge in [-0.05, 0) is 43.7 Å². The summed E-state index contributed by atoms with van der Waals surface area (Å²) < 4.78 is 5.97. The molecule has 136 valence electrons. The van der Waals surface area contributed by atoms with Crippen molar-refractivity contribution in [2.45, 2.75) is 51.3 Å². The third kappa shape index (κ3) is 3.59. The second-order valence-corrected chi connectivity index (χ2v) is 7.53. The summed E-state index contributed by atoms with van der Waals surface area (Å²) >= 11 is 0. The van der Waals surface area contributed by atoms with E-state index in [1.54, 1.807) is 5.06 Å². The molecule has 1 amide bonds. The van der Waals surface area contributed by atoms with E-state index in [0.29, 0.717) is 12.6 Å². The van der Waals surface area contributed by atoms with Gasteiger partial charge < -0.3 is 4.74 Å². The van der Waals surface area contributed by atoms with Crippen molar-refractivity contribution in [1.29, 1.82) is 0 Å². The molecule has 3 aliphatic heterocycles. The standard InChI is InChI=1S/C20H28N2O3/c1-15-6-2-3-7-16(15)13-21-14-17(12-19-18(21)8-11-24-19)20(23)22-9-4-5-10-25-22/h2-3,6-7,17-19H,4-5,8-14H2,1H3/t17-,18+,19+/m0/s1. The first-order valence-electron chi connectivity index (χ1n) is 9.57. The Balaban J connectivity index is 1.49. The molecule has 0 aliphatic carbocycles. The van der Waals surface area contributed by atoms with E-state index in [1.165, 1.54) is 11.1 Å². The topological polar surface area (TPSA) is 42.0 Å². The van der Waals surface area contributed by atoms with E-state index >= 15 is 0 Å². The van der Waals surface area contributed by atoms with Gasteiger partial charge >= 0.3 is 0 Å². The van der Waals surface area contributed by atoms with E-state index in [-0.39, 0.29) is 17.9 Å². The molecule has 3 fully saturated rings. The number of amides is 1. The molecule has 3 aliphatic rings. The molecular formula is C20H28N2O3. The zero-order valence-electron chi connectivity index (χ0n) is 15.0. The van der Waals surface area contributed by atoms with E-state index in [1.807, 2.05) is 0 Å². The third-order valence-electron chi connectivity index (χ3n) is 5.85. The van der Waals surface area contributed by atoms with Gasteiger partial charge in [0.05, 0.1) is 18.6 Å². The minimum Gasteiger partial charge on any atom is -0.377 e. The molecule has 1 aromatic carbocycles. The highest BCUT2D eigenvalue weighted by atomic mass is 16.7. The van der Waals surface area contributed by atoms with Gasteiger partial charge in [0.25, 0.3) is 5.91 Å². The Morgan fingerprint density at radius 3 is 2.92 bits per heavy atom. The summed E-state index contributed by atoms with van der Waals surface area (Å²) in [4.78, 5) is 21.0. The Hall–Kier alpha value is -1.43. The second kappa shape index (κ2) is 7.44. The van der Waals surface area contributed by atoms with Crippen molar-refractivity contribution in [2.75, 3.05) is 26.3 Å². The maximum atomic E-state index is 12.9. The summed E-state index contributed by atoms with van der Waals surface area (Å²) in [6, 6.07) is 8.96. The molecule has 0 N–H and O–H groups in total. The van der Waals surface area contributed by atoms with Crippen LogP contribution in [0.4, 0.5) is 0 Å². The van der Waals surface area contributed by atoms with Crippen LogP contribution in [0.2, 0.25) is 0 Å². The number of hydrogen-bond donors (Lipinski definition) is 0. The van der Waals surface area contributed by atoms with Crippen molar-refractivity contribution in [3.05, 3.63) is 35.4 Å². The number of fused-ring (bicyclic) bond motifs is 1. The predicted octanol–water partition coefficient (Wildman–Crippen LogP) is 2.53. The van der Waals surface area contributed by atoms with Gasteiger partial charge in [0.15, 0.2) is 0 Å². The van der Waals surface area contributed by atoms with Crippen LogP contribution in [0.1, 0.15) is 36.8 Å². The molecule has 0 spiro atoms. The number of likely N-dealkylation sites (tertiary alicyclic amines) is 1. The summed E-state index contributed by atoms with van der Waals surface area (Å²) in [6.45, 7) is 6.04. The van der Waals surface area contributed by atoms with Crippen LogP contribution < -0.4 is 0 Å². The largest absolute Gasteiger partial charge is 0.377 e. The van der Waals surface area contributed by atoms with Crippen LogP contribution in [0.3, 0.4) is 0 Å². The lowest BCUT2D eigenvalue weighted by Crippen LogP contribution is -2.53. The molecule has 3 saturated heterocycles. The molecule has 0 bridgehead atoms. The smallest absolute Gasteiger partial charge is 0.250 e. The first-order valence-corrected chi connectivity index (χ1v) is 9.57. The van der Waals surface area contributed by atoms with Gasteiger partial charge in [-0.3, -0.25) is 14.5 Å². The highest BCUT2D eigenvalue weighted by Crippen LogP contribution is 2.33. The van der Waals surface area contributed by atoms with E-state index in [0.717, 1.165) is 51.9 Å². The molecule has 0 aromatic heterocycles. The molecular weight excluding hydrogens is 316 g/mol. The fraction of sp³-hybridized carbons (Fsp3) is 0.650. The third-order valence-corrected chi connectivity index (χ3v) is 5.85. The highest BCUT2D eigenvalue weighted by Gasteiger charge is 2.43. The Labute approximate surface area is 149 Å². The van der Waals surface area contributed by atoms with Crippen molar-refractivity contribution in [3.63, 3.8) is 0 Å². The number of aryl methyl sites for hydroxylation is 1. The van der Waals surface area contributed by atoms with Gasteiger partial charge in [0.2, 0.25) is 0 Å². The maximum Gasteiger partial charge on any atom is 0.250 e. The molecule has 25 heavy (non-hydrogen) atoms. The van der Waals surface area contributed by atoms with Gasteiger partial charge in [-0.15, -0.1) is 0 Å². The average molecular weight is 344 g/mol. The van der Waals surface area contributed by atoms with Crippen LogP contribution in [0.25, 0.3) is 0 Å². The Morgan fingerprint density at radius 2 is 2.12 bits per heavy atom. The Morgan fingerprint density at radius 1 is 1.24 bits per heavy atom. The van der Waals surface area contributed by atoms with Crippen LogP contribution in [0, 0.1) is 12.8 Å². The van der Waals surface area contributed by atoms with E-state index < -0.39 is 0 Å². The van der Waals surface area contributed by atoms with Gasteiger partial charge in [-0.2, -0.15) is 0 Å². The van der Waals surface area contributed by atoms with E-state index in [9.17, 15) is 4.79 Å². The van der Waals surface area contributed by atoms with Gasteiger partial charge in [0, 0.05) is 32.3 Å². The predicted molar refractivity (Wildman–Crippen MR) is 94.7 cm³/mol. The number of ether oxygens (including phenoxy) is 1. The van der Waals surface area contributed by atoms with Crippen molar-refractivity contribution in [3.8, 4) is 0 Å². The van der Waals surface area contributed by atoms with Crippen molar-refractivity contribution in [2.24, 2.45) is 5.92 Å². The fourth-order valence-electron chi connectivity index (χ4n) is 4.39. The number of piperidine rings is 1. The zero-order valence-corrected chi connectivity index (χ0v) is 15.0. The lowest BCUT2D eigenvalue weighted by atomic mass is 9.88. The fourth-order valence-corrected chi connectivity index (χ4v) is 4.39. The number of hydrogen-bond acceptors (Lipinski definition) is 4. The molecule has 3 atom stereocenters. The van der Waals surface area contributed by atoms with Gasteiger partial charge in [0.1, 0.15) is 0 Å². The SMILES string of the molecule is Cc1ccccc1CN1C[C@@H](C(=O)N2CCCCO2)C[C@H]2OCC[C@H]21. The normalized spacial score (nSPS) is 30.3. The Kier molecular flexibility index (Phi) is 5.06. The second-order valence-electron chi connectivity index (χ2n) is 7.53. The molecule has 0 unspecified atom stereocenters. The van der Waals surface area contributed by atoms with Gasteiger partial charge in [-0.25, -0.2) is 5.06 Å². The summed E-state index contributed by atoms with van der Waals surface area (Å²) in [5.41, 5.74) is 2.65. The van der Waals surface area contributed by atoms with E-state index in [2.05, 4.69) is 36.1 Å². The molecule has 3 heterocycles. The lowest BCUT2D eigenvalue weighted by molar-refractivity contribution is -0.204. The number of carbonyl (C=O) groups is 1. The molecule has 5 heteroatoms. The summed E-state index contributed by atoms with van der Waals surface area (Å²) in [7, 11) is 0. The maximum absolute atomic E-state index is 12.9. The zero-order chi connectivity index (χ0) is 17.2. The van der Waals surface area contributed by atoms with Crippen LogP contribution in [-0.4, -0.2) is 54.3 Å². The number of carbonyl (C=O) groups excluding carboxylic acids is 1. The van der Waals surface area contributed by atoms with Crippen molar-refractivity contribution in [1.82, 2.24) is 9.96 Å². The monoisotopic (exact) mass is 344 g/mol. The van der Waals surface area contributed by atoms with Crippen molar-refractivity contribution >= 4 is 5.91 Å². The quantitative estimate of drug-likeness (QED) is 0.845. The Bertz CT molecular complexity index is 615. The summed E-state index contributed by atoms with van der Waals surface area (Å²) in [5, 5.41) is 1.61. The molecule has 5 nitrogen and oxygen atoms in total. The first kappa shape index (κ1) is 17.0. The number of benzene rings is 1. The highest BCUT2D eigenvalue weighted by molar-refractivity contribution is 5.78. The molecule has 1 aromatic rings. The van der Waals surface area contributed by atoms with Crippen LogP contribution >= 0.6 is 0 Å². The summed E-state index contributed by atoms with van der Waals surface area (Å²) in [6.07, 6.45) is 4.15. The minimum absolute atomic E-state index is 0.0264. The molecule has 0 saturated carbocycles. The van der Waals surface area contributed by atoms with Gasteiger partial charge in [-0.1, -0.05) is 24.3 Å². The first-order chi connectivity index (χ1) is 12.2. The molecule has 4 rings (SSSR count).